The van der Waals surface area contributed by atoms with E-state index in [1.165, 1.54) is 13.2 Å². The molecule has 0 amide bonds. The van der Waals surface area contributed by atoms with Crippen molar-refractivity contribution in [2.75, 3.05) is 7.11 Å². The summed E-state index contributed by atoms with van der Waals surface area (Å²) in [7, 11) is -4.27. The summed E-state index contributed by atoms with van der Waals surface area (Å²) in [6.45, 7) is 0. The summed E-state index contributed by atoms with van der Waals surface area (Å²) < 4.78 is 70.9. The predicted octanol–water partition coefficient (Wildman–Crippen LogP) is 4.67. The second-order valence-electron chi connectivity index (χ2n) is 5.82. The summed E-state index contributed by atoms with van der Waals surface area (Å²) in [5, 5.41) is 1.33. The van der Waals surface area contributed by atoms with Crippen molar-refractivity contribution >= 4 is 20.9 Å². The quantitative estimate of drug-likeness (QED) is 0.465. The van der Waals surface area contributed by atoms with Gasteiger partial charge in [-0.2, -0.15) is 21.6 Å². The number of hydrogen-bond acceptors (Lipinski definition) is 4. The van der Waals surface area contributed by atoms with E-state index in [1.54, 1.807) is 54.6 Å². The van der Waals surface area contributed by atoms with Gasteiger partial charge in [0.15, 0.2) is 0 Å². The zero-order valence-electron chi connectivity index (χ0n) is 14.2. The summed E-state index contributed by atoms with van der Waals surface area (Å²) in [5.74, 6) is 0.229. The van der Waals surface area contributed by atoms with Crippen LogP contribution in [0.2, 0.25) is 0 Å². The SMILES string of the molecule is COc1cccc(Cc2cc3ccccc3cc2OS(=O)(=O)C(F)(F)F)c1. The maximum Gasteiger partial charge on any atom is 0.534 e. The van der Waals surface area contributed by atoms with Gasteiger partial charge in [0, 0.05) is 12.0 Å². The van der Waals surface area contributed by atoms with Gasteiger partial charge in [-0.25, -0.2) is 0 Å². The smallest absolute Gasteiger partial charge is 0.497 e. The molecule has 0 heterocycles. The topological polar surface area (TPSA) is 52.6 Å². The Morgan fingerprint density at radius 3 is 2.22 bits per heavy atom. The molecule has 0 spiro atoms. The monoisotopic (exact) mass is 396 g/mol. The molecule has 0 saturated heterocycles. The van der Waals surface area contributed by atoms with E-state index in [1.807, 2.05) is 0 Å². The zero-order chi connectivity index (χ0) is 19.7. The zero-order valence-corrected chi connectivity index (χ0v) is 15.0. The molecule has 0 aliphatic rings. The average Bonchev–Trinajstić information content (AvgIpc) is 2.61. The molecule has 8 heteroatoms. The van der Waals surface area contributed by atoms with E-state index < -0.39 is 15.6 Å². The molecule has 3 aromatic rings. The Bertz CT molecular complexity index is 1080. The van der Waals surface area contributed by atoms with Crippen LogP contribution in [0.1, 0.15) is 11.1 Å². The van der Waals surface area contributed by atoms with E-state index >= 15 is 0 Å². The highest BCUT2D eigenvalue weighted by Crippen LogP contribution is 2.33. The third kappa shape index (κ3) is 4.16. The van der Waals surface area contributed by atoms with E-state index in [0.29, 0.717) is 16.7 Å². The van der Waals surface area contributed by atoms with Crippen molar-refractivity contribution in [3.05, 3.63) is 71.8 Å². The molecule has 0 radical (unpaired) electrons. The van der Waals surface area contributed by atoms with Gasteiger partial charge in [-0.05, 0) is 40.6 Å². The standard InChI is InChI=1S/C19H15F3O4S/c1-25-17-8-4-5-13(10-17)9-16-11-14-6-2-3-7-15(14)12-18(16)26-27(23,24)19(20,21)22/h2-8,10-12H,9H2,1H3. The van der Waals surface area contributed by atoms with Crippen LogP contribution < -0.4 is 8.92 Å². The number of fused-ring (bicyclic) bond motifs is 1. The third-order valence-electron chi connectivity index (χ3n) is 3.94. The second kappa shape index (κ2) is 7.11. The Balaban J connectivity index is 2.08. The first-order chi connectivity index (χ1) is 12.7. The molecule has 4 nitrogen and oxygen atoms in total. The molecule has 0 atom stereocenters. The van der Waals surface area contributed by atoms with Crippen LogP contribution >= 0.6 is 0 Å². The number of ether oxygens (including phenoxy) is 1. The molecule has 0 unspecified atom stereocenters. The molecule has 142 valence electrons. The van der Waals surface area contributed by atoms with Gasteiger partial charge < -0.3 is 8.92 Å². The molecule has 0 saturated carbocycles. The van der Waals surface area contributed by atoms with E-state index in [0.717, 1.165) is 10.9 Å². The minimum Gasteiger partial charge on any atom is -0.497 e. The van der Waals surface area contributed by atoms with E-state index in [2.05, 4.69) is 4.18 Å². The molecule has 0 aliphatic heterocycles. The van der Waals surface area contributed by atoms with Crippen LogP contribution in [0.5, 0.6) is 11.5 Å². The van der Waals surface area contributed by atoms with Crippen molar-refractivity contribution in [1.29, 1.82) is 0 Å². The molecule has 3 aromatic carbocycles. The van der Waals surface area contributed by atoms with E-state index in [4.69, 9.17) is 4.74 Å². The molecule has 0 aliphatic carbocycles. The van der Waals surface area contributed by atoms with Crippen LogP contribution in [-0.2, 0) is 16.5 Å². The minimum absolute atomic E-state index is 0.171. The summed E-state index contributed by atoms with van der Waals surface area (Å²) >= 11 is 0. The molecular weight excluding hydrogens is 381 g/mol. The van der Waals surface area contributed by atoms with Gasteiger partial charge in [-0.1, -0.05) is 36.4 Å². The number of alkyl halides is 3. The van der Waals surface area contributed by atoms with Crippen LogP contribution in [0.3, 0.4) is 0 Å². The first-order valence-corrected chi connectivity index (χ1v) is 9.26. The minimum atomic E-state index is -5.77. The van der Waals surface area contributed by atoms with Gasteiger partial charge >= 0.3 is 15.6 Å². The third-order valence-corrected chi connectivity index (χ3v) is 4.91. The predicted molar refractivity (Wildman–Crippen MR) is 95.4 cm³/mol. The van der Waals surface area contributed by atoms with Gasteiger partial charge in [-0.3, -0.25) is 0 Å². The van der Waals surface area contributed by atoms with Crippen LogP contribution in [0.4, 0.5) is 13.2 Å². The fourth-order valence-corrected chi connectivity index (χ4v) is 3.14. The Hall–Kier alpha value is -2.74. The lowest BCUT2D eigenvalue weighted by atomic mass is 10.00. The first kappa shape index (κ1) is 19.0. The maximum atomic E-state index is 12.8. The average molecular weight is 396 g/mol. The highest BCUT2D eigenvalue weighted by Gasteiger charge is 2.48. The van der Waals surface area contributed by atoms with Gasteiger partial charge in [0.2, 0.25) is 0 Å². The van der Waals surface area contributed by atoms with Crippen molar-refractivity contribution in [1.82, 2.24) is 0 Å². The fourth-order valence-electron chi connectivity index (χ4n) is 2.65. The highest BCUT2D eigenvalue weighted by atomic mass is 32.2. The van der Waals surface area contributed by atoms with Crippen molar-refractivity contribution in [2.24, 2.45) is 0 Å². The van der Waals surface area contributed by atoms with E-state index in [-0.39, 0.29) is 12.2 Å². The van der Waals surface area contributed by atoms with E-state index in [9.17, 15) is 21.6 Å². The fraction of sp³-hybridized carbons (Fsp3) is 0.158. The first-order valence-electron chi connectivity index (χ1n) is 7.85. The number of methoxy groups -OCH3 is 1. The summed E-state index contributed by atoms with van der Waals surface area (Å²) in [4.78, 5) is 0. The summed E-state index contributed by atoms with van der Waals surface area (Å²) in [6.07, 6.45) is 0.171. The lowest BCUT2D eigenvalue weighted by molar-refractivity contribution is -0.0500. The van der Waals surface area contributed by atoms with Gasteiger partial charge in [-0.15, -0.1) is 0 Å². The van der Waals surface area contributed by atoms with Crippen LogP contribution in [-0.4, -0.2) is 21.0 Å². The maximum absolute atomic E-state index is 12.8. The number of rotatable bonds is 5. The van der Waals surface area contributed by atoms with Crippen molar-refractivity contribution in [2.45, 2.75) is 11.9 Å². The Morgan fingerprint density at radius 2 is 1.59 bits per heavy atom. The van der Waals surface area contributed by atoms with Gasteiger partial charge in [0.05, 0.1) is 7.11 Å². The molecule has 0 fully saturated rings. The second-order valence-corrected chi connectivity index (χ2v) is 7.36. The van der Waals surface area contributed by atoms with Crippen molar-refractivity contribution < 1.29 is 30.5 Å². The molecule has 0 N–H and O–H groups in total. The summed E-state index contributed by atoms with van der Waals surface area (Å²) in [5.41, 5.74) is -4.46. The van der Waals surface area contributed by atoms with Gasteiger partial charge in [0.1, 0.15) is 11.5 Å². The summed E-state index contributed by atoms with van der Waals surface area (Å²) in [6, 6.07) is 16.8. The van der Waals surface area contributed by atoms with Crippen LogP contribution in [0.15, 0.2) is 60.7 Å². The number of benzene rings is 3. The highest BCUT2D eigenvalue weighted by molar-refractivity contribution is 7.88. The van der Waals surface area contributed by atoms with Crippen LogP contribution in [0, 0.1) is 0 Å². The lowest BCUT2D eigenvalue weighted by Gasteiger charge is -2.15. The molecule has 3 rings (SSSR count). The van der Waals surface area contributed by atoms with Crippen molar-refractivity contribution in [3.8, 4) is 11.5 Å². The Morgan fingerprint density at radius 1 is 0.926 bits per heavy atom. The Labute approximate surface area is 154 Å². The normalized spacial score (nSPS) is 12.1. The lowest BCUT2D eigenvalue weighted by Crippen LogP contribution is -2.28. The Kier molecular flexibility index (Phi) is 5.01. The van der Waals surface area contributed by atoms with Crippen molar-refractivity contribution in [3.63, 3.8) is 0 Å². The molecule has 0 aromatic heterocycles. The molecule has 27 heavy (non-hydrogen) atoms. The number of hydrogen-bond donors (Lipinski definition) is 0. The number of halogens is 3. The molecule has 0 bridgehead atoms. The largest absolute Gasteiger partial charge is 0.534 e. The molecular formula is C19H15F3O4S. The van der Waals surface area contributed by atoms with Crippen LogP contribution in [0.25, 0.3) is 10.8 Å². The van der Waals surface area contributed by atoms with Gasteiger partial charge in [0.25, 0.3) is 0 Å².